The van der Waals surface area contributed by atoms with Crippen LogP contribution in [0.1, 0.15) is 33.1 Å². The van der Waals surface area contributed by atoms with Gasteiger partial charge in [0.1, 0.15) is 4.60 Å². The van der Waals surface area contributed by atoms with Gasteiger partial charge in [-0.05, 0) is 40.3 Å². The van der Waals surface area contributed by atoms with Gasteiger partial charge in [0.05, 0.1) is 10.7 Å². The Morgan fingerprint density at radius 3 is 2.94 bits per heavy atom. The van der Waals surface area contributed by atoms with Gasteiger partial charge in [0, 0.05) is 12.2 Å². The van der Waals surface area contributed by atoms with E-state index in [4.69, 9.17) is 11.6 Å². The minimum absolute atomic E-state index is 0.523. The minimum atomic E-state index is 0.523. The largest absolute Gasteiger partial charge is 0.380 e. The predicted octanol–water partition coefficient (Wildman–Crippen LogP) is 4.73. The molecule has 0 spiro atoms. The van der Waals surface area contributed by atoms with E-state index in [0.717, 1.165) is 16.2 Å². The number of anilines is 1. The Morgan fingerprint density at radius 2 is 2.18 bits per heavy atom. The van der Waals surface area contributed by atoms with Crippen LogP contribution in [0.15, 0.2) is 16.9 Å². The van der Waals surface area contributed by atoms with Gasteiger partial charge in [0.25, 0.3) is 0 Å². The molecule has 1 aliphatic carbocycles. The standard InChI is InChI=1S/C13H18BrClN2/c1-8-4-3-5-11(9(8)2)17-12-6-10(15)7-16-13(12)14/h6-9,11,17H,3-5H2,1-2H3. The molecule has 2 rings (SSSR count). The Bertz CT molecular complexity index is 397. The van der Waals surface area contributed by atoms with Crippen LogP contribution in [0, 0.1) is 11.8 Å². The number of rotatable bonds is 2. The van der Waals surface area contributed by atoms with Crippen LogP contribution in [0.4, 0.5) is 5.69 Å². The molecule has 2 nitrogen and oxygen atoms in total. The van der Waals surface area contributed by atoms with E-state index >= 15 is 0 Å². The number of pyridine rings is 1. The summed E-state index contributed by atoms with van der Waals surface area (Å²) in [7, 11) is 0. The van der Waals surface area contributed by atoms with Gasteiger partial charge in [-0.2, -0.15) is 0 Å². The summed E-state index contributed by atoms with van der Waals surface area (Å²) in [6.07, 6.45) is 5.53. The van der Waals surface area contributed by atoms with Crippen LogP contribution < -0.4 is 5.32 Å². The van der Waals surface area contributed by atoms with E-state index in [9.17, 15) is 0 Å². The summed E-state index contributed by atoms with van der Waals surface area (Å²) in [5.74, 6) is 1.47. The fourth-order valence-corrected chi connectivity index (χ4v) is 3.00. The van der Waals surface area contributed by atoms with Gasteiger partial charge in [-0.25, -0.2) is 4.98 Å². The Labute approximate surface area is 116 Å². The first-order chi connectivity index (χ1) is 8.08. The van der Waals surface area contributed by atoms with E-state index < -0.39 is 0 Å². The van der Waals surface area contributed by atoms with Crippen molar-refractivity contribution < 1.29 is 0 Å². The average Bonchev–Trinajstić information content (AvgIpc) is 2.30. The second-order valence-corrected chi connectivity index (χ2v) is 6.20. The Hall–Kier alpha value is -0.280. The molecule has 1 fully saturated rings. The first-order valence-electron chi connectivity index (χ1n) is 6.15. The highest BCUT2D eigenvalue weighted by Gasteiger charge is 2.27. The average molecular weight is 318 g/mol. The molecule has 0 saturated heterocycles. The molecule has 1 N–H and O–H groups in total. The molecule has 1 heterocycles. The van der Waals surface area contributed by atoms with Gasteiger partial charge in [0.2, 0.25) is 0 Å². The van der Waals surface area contributed by atoms with E-state index in [0.29, 0.717) is 17.0 Å². The minimum Gasteiger partial charge on any atom is -0.380 e. The molecule has 1 aromatic rings. The summed E-state index contributed by atoms with van der Waals surface area (Å²) in [6.45, 7) is 4.66. The van der Waals surface area contributed by atoms with Crippen LogP contribution in [0.5, 0.6) is 0 Å². The molecule has 4 heteroatoms. The van der Waals surface area contributed by atoms with Gasteiger partial charge in [-0.1, -0.05) is 38.3 Å². The summed E-state index contributed by atoms with van der Waals surface area (Å²) >= 11 is 9.44. The summed E-state index contributed by atoms with van der Waals surface area (Å²) in [5, 5.41) is 4.25. The Morgan fingerprint density at radius 1 is 1.41 bits per heavy atom. The molecular formula is C13H18BrClN2. The van der Waals surface area contributed by atoms with Crippen LogP contribution >= 0.6 is 27.5 Å². The summed E-state index contributed by atoms with van der Waals surface area (Å²) < 4.78 is 0.840. The van der Waals surface area contributed by atoms with Crippen molar-refractivity contribution in [2.45, 2.75) is 39.2 Å². The van der Waals surface area contributed by atoms with Crippen LogP contribution in [-0.4, -0.2) is 11.0 Å². The topological polar surface area (TPSA) is 24.9 Å². The quantitative estimate of drug-likeness (QED) is 0.797. The highest BCUT2D eigenvalue weighted by Crippen LogP contribution is 2.33. The summed E-state index contributed by atoms with van der Waals surface area (Å²) in [6, 6.07) is 2.46. The predicted molar refractivity (Wildman–Crippen MR) is 76.5 cm³/mol. The number of hydrogen-bond donors (Lipinski definition) is 1. The van der Waals surface area contributed by atoms with Crippen molar-refractivity contribution in [3.05, 3.63) is 21.9 Å². The SMILES string of the molecule is CC1CCCC(Nc2cc(Cl)cnc2Br)C1C. The summed E-state index contributed by atoms with van der Waals surface area (Å²) in [4.78, 5) is 4.21. The lowest BCUT2D eigenvalue weighted by atomic mass is 9.78. The molecule has 1 saturated carbocycles. The third kappa shape index (κ3) is 3.14. The Balaban J connectivity index is 2.11. The van der Waals surface area contributed by atoms with Crippen molar-refractivity contribution in [3.8, 4) is 0 Å². The molecule has 94 valence electrons. The Kier molecular flexibility index (Phi) is 4.31. The zero-order valence-corrected chi connectivity index (χ0v) is 12.6. The van der Waals surface area contributed by atoms with E-state index in [1.54, 1.807) is 6.20 Å². The van der Waals surface area contributed by atoms with Gasteiger partial charge in [-0.3, -0.25) is 0 Å². The number of nitrogens with one attached hydrogen (secondary N) is 1. The summed E-state index contributed by atoms with van der Waals surface area (Å²) in [5.41, 5.74) is 1.00. The zero-order valence-electron chi connectivity index (χ0n) is 10.2. The highest BCUT2D eigenvalue weighted by atomic mass is 79.9. The van der Waals surface area contributed by atoms with E-state index in [2.05, 4.69) is 40.1 Å². The van der Waals surface area contributed by atoms with Gasteiger partial charge >= 0.3 is 0 Å². The van der Waals surface area contributed by atoms with Gasteiger partial charge in [-0.15, -0.1) is 0 Å². The van der Waals surface area contributed by atoms with Gasteiger partial charge in [0.15, 0.2) is 0 Å². The molecule has 17 heavy (non-hydrogen) atoms. The van der Waals surface area contributed by atoms with Gasteiger partial charge < -0.3 is 5.32 Å². The number of aromatic nitrogens is 1. The molecular weight excluding hydrogens is 300 g/mol. The maximum Gasteiger partial charge on any atom is 0.129 e. The normalized spacial score (nSPS) is 29.1. The van der Waals surface area contributed by atoms with Crippen molar-refractivity contribution in [1.29, 1.82) is 0 Å². The van der Waals surface area contributed by atoms with Crippen molar-refractivity contribution in [3.63, 3.8) is 0 Å². The third-order valence-corrected chi connectivity index (χ3v) is 4.69. The first-order valence-corrected chi connectivity index (χ1v) is 7.32. The van der Waals surface area contributed by atoms with Crippen molar-refractivity contribution in [1.82, 2.24) is 4.98 Å². The van der Waals surface area contributed by atoms with Crippen LogP contribution in [0.2, 0.25) is 5.02 Å². The molecule has 1 aliphatic rings. The monoisotopic (exact) mass is 316 g/mol. The molecule has 0 aliphatic heterocycles. The molecule has 0 aromatic carbocycles. The maximum atomic E-state index is 5.98. The molecule has 0 amide bonds. The smallest absolute Gasteiger partial charge is 0.129 e. The number of nitrogens with zero attached hydrogens (tertiary/aromatic N) is 1. The molecule has 1 aromatic heterocycles. The highest BCUT2D eigenvalue weighted by molar-refractivity contribution is 9.10. The van der Waals surface area contributed by atoms with Crippen molar-refractivity contribution >= 4 is 33.2 Å². The van der Waals surface area contributed by atoms with Crippen LogP contribution in [0.25, 0.3) is 0 Å². The molecule has 0 radical (unpaired) electrons. The molecule has 3 atom stereocenters. The zero-order chi connectivity index (χ0) is 12.4. The van der Waals surface area contributed by atoms with Crippen molar-refractivity contribution in [2.75, 3.05) is 5.32 Å². The van der Waals surface area contributed by atoms with E-state index in [1.165, 1.54) is 19.3 Å². The second kappa shape index (κ2) is 5.57. The maximum absolute atomic E-state index is 5.98. The fourth-order valence-electron chi connectivity index (χ4n) is 2.51. The van der Waals surface area contributed by atoms with Crippen molar-refractivity contribution in [2.24, 2.45) is 11.8 Å². The number of hydrogen-bond acceptors (Lipinski definition) is 2. The second-order valence-electron chi connectivity index (χ2n) is 5.01. The molecule has 0 bridgehead atoms. The first kappa shape index (κ1) is 13.2. The third-order valence-electron chi connectivity index (χ3n) is 3.85. The van der Waals surface area contributed by atoms with Crippen LogP contribution in [0.3, 0.4) is 0 Å². The lowest BCUT2D eigenvalue weighted by Crippen LogP contribution is -2.35. The lowest BCUT2D eigenvalue weighted by molar-refractivity contribution is 0.253. The number of halogens is 2. The van der Waals surface area contributed by atoms with E-state index in [-0.39, 0.29) is 0 Å². The van der Waals surface area contributed by atoms with E-state index in [1.807, 2.05) is 6.07 Å². The lowest BCUT2D eigenvalue weighted by Gasteiger charge is -2.35. The molecule has 3 unspecified atom stereocenters. The van der Waals surface area contributed by atoms with Crippen LogP contribution in [-0.2, 0) is 0 Å². The fraction of sp³-hybridized carbons (Fsp3) is 0.615.